The van der Waals surface area contributed by atoms with Gasteiger partial charge in [0.1, 0.15) is 11.9 Å². The van der Waals surface area contributed by atoms with Gasteiger partial charge in [-0.1, -0.05) is 41.9 Å². The van der Waals surface area contributed by atoms with Gasteiger partial charge in [-0.15, -0.1) is 0 Å². The van der Waals surface area contributed by atoms with Gasteiger partial charge in [-0.2, -0.15) is 5.26 Å². The van der Waals surface area contributed by atoms with Crippen molar-refractivity contribution in [2.75, 3.05) is 13.1 Å². The van der Waals surface area contributed by atoms with Gasteiger partial charge in [-0.3, -0.25) is 4.90 Å². The van der Waals surface area contributed by atoms with E-state index in [-0.39, 0.29) is 18.2 Å². The standard InChI is InChI=1S/C24H26ClN3O3/c25-20-11-16(14-26)8-9-22(20)31-23-13-18(17-5-2-1-3-6-17)12-21(23)28-10-4-7-19(15-28)27-24(29)30/h1-3,5-6,8-9,11,18-19,21,23,27H,4,7,10,12-13,15H2,(H,29,30)/t18?,19-,21?,23?/m1/s1. The maximum Gasteiger partial charge on any atom is 0.404 e. The van der Waals surface area contributed by atoms with Crippen LogP contribution in [0.1, 0.15) is 42.7 Å². The molecule has 31 heavy (non-hydrogen) atoms. The van der Waals surface area contributed by atoms with E-state index < -0.39 is 6.09 Å². The molecule has 2 N–H and O–H groups in total. The van der Waals surface area contributed by atoms with Crippen LogP contribution in [0.25, 0.3) is 0 Å². The SMILES string of the molecule is N#Cc1ccc(OC2CC(c3ccccc3)CC2N2CCC[C@@H](NC(=O)O)C2)c(Cl)c1. The Hall–Kier alpha value is -2.75. The quantitative estimate of drug-likeness (QED) is 0.708. The molecular formula is C24H26ClN3O3. The number of nitriles is 1. The van der Waals surface area contributed by atoms with E-state index in [9.17, 15) is 4.79 Å². The number of hydrogen-bond donors (Lipinski definition) is 2. The zero-order chi connectivity index (χ0) is 21.8. The van der Waals surface area contributed by atoms with E-state index in [0.717, 1.165) is 32.2 Å². The molecule has 1 aliphatic heterocycles. The summed E-state index contributed by atoms with van der Waals surface area (Å²) < 4.78 is 6.42. The molecule has 2 aromatic carbocycles. The lowest BCUT2D eigenvalue weighted by Crippen LogP contribution is -2.53. The highest BCUT2D eigenvalue weighted by molar-refractivity contribution is 6.32. The maximum atomic E-state index is 11.1. The van der Waals surface area contributed by atoms with Crippen LogP contribution in [0.2, 0.25) is 5.02 Å². The molecule has 162 valence electrons. The number of amides is 1. The summed E-state index contributed by atoms with van der Waals surface area (Å²) in [4.78, 5) is 13.5. The molecule has 2 aromatic rings. The first-order chi connectivity index (χ1) is 15.0. The predicted octanol–water partition coefficient (Wildman–Crippen LogP) is 4.64. The third-order valence-corrected chi connectivity index (χ3v) is 6.63. The van der Waals surface area contributed by atoms with E-state index in [2.05, 4.69) is 40.6 Å². The van der Waals surface area contributed by atoms with Gasteiger partial charge in [-0.05, 0) is 61.9 Å². The van der Waals surface area contributed by atoms with E-state index in [1.807, 2.05) is 6.07 Å². The number of piperidine rings is 1. The Balaban J connectivity index is 1.55. The fourth-order valence-corrected chi connectivity index (χ4v) is 5.14. The normalized spacial score (nSPS) is 26.2. The van der Waals surface area contributed by atoms with Crippen molar-refractivity contribution in [2.24, 2.45) is 0 Å². The van der Waals surface area contributed by atoms with E-state index in [0.29, 0.717) is 28.8 Å². The zero-order valence-corrected chi connectivity index (χ0v) is 18.0. The number of benzene rings is 2. The summed E-state index contributed by atoms with van der Waals surface area (Å²) in [5, 5.41) is 21.3. The molecule has 1 saturated carbocycles. The first kappa shape index (κ1) is 21.5. The largest absolute Gasteiger partial charge is 0.487 e. The summed E-state index contributed by atoms with van der Waals surface area (Å²) in [5.41, 5.74) is 1.79. The number of carboxylic acid groups (broad SMARTS) is 1. The summed E-state index contributed by atoms with van der Waals surface area (Å²) >= 11 is 6.39. The third-order valence-electron chi connectivity index (χ3n) is 6.33. The smallest absolute Gasteiger partial charge is 0.404 e. The average molecular weight is 440 g/mol. The Morgan fingerprint density at radius 2 is 2.03 bits per heavy atom. The Morgan fingerprint density at radius 1 is 1.23 bits per heavy atom. The van der Waals surface area contributed by atoms with Crippen molar-refractivity contribution in [1.29, 1.82) is 5.26 Å². The second kappa shape index (κ2) is 9.59. The van der Waals surface area contributed by atoms with Gasteiger partial charge >= 0.3 is 6.09 Å². The number of nitrogens with one attached hydrogen (secondary N) is 1. The van der Waals surface area contributed by atoms with Crippen LogP contribution in [0, 0.1) is 11.3 Å². The molecule has 6 nitrogen and oxygen atoms in total. The topological polar surface area (TPSA) is 85.6 Å². The second-order valence-corrected chi connectivity index (χ2v) is 8.75. The van der Waals surface area contributed by atoms with E-state index >= 15 is 0 Å². The van der Waals surface area contributed by atoms with E-state index in [1.54, 1.807) is 18.2 Å². The van der Waals surface area contributed by atoms with Crippen LogP contribution in [0.15, 0.2) is 48.5 Å². The minimum absolute atomic E-state index is 0.0684. The number of hydrogen-bond acceptors (Lipinski definition) is 4. The van der Waals surface area contributed by atoms with Crippen LogP contribution < -0.4 is 10.1 Å². The van der Waals surface area contributed by atoms with Gasteiger partial charge in [0, 0.05) is 18.6 Å². The molecule has 2 fully saturated rings. The average Bonchev–Trinajstić information content (AvgIpc) is 3.19. The number of carbonyl (C=O) groups is 1. The van der Waals surface area contributed by atoms with Gasteiger partial charge in [-0.25, -0.2) is 4.79 Å². The molecule has 1 amide bonds. The molecule has 1 saturated heterocycles. The molecule has 3 unspecified atom stereocenters. The molecule has 7 heteroatoms. The van der Waals surface area contributed by atoms with Crippen LogP contribution >= 0.6 is 11.6 Å². The molecule has 1 aliphatic carbocycles. The van der Waals surface area contributed by atoms with Crippen LogP contribution in [0.4, 0.5) is 4.79 Å². The molecule has 0 radical (unpaired) electrons. The zero-order valence-electron chi connectivity index (χ0n) is 17.2. The first-order valence-electron chi connectivity index (χ1n) is 10.7. The molecule has 4 rings (SSSR count). The Labute approximate surface area is 187 Å². The Kier molecular flexibility index (Phi) is 6.64. The first-order valence-corrected chi connectivity index (χ1v) is 11.1. The lowest BCUT2D eigenvalue weighted by atomic mass is 9.97. The number of rotatable bonds is 5. The number of halogens is 1. The predicted molar refractivity (Wildman–Crippen MR) is 119 cm³/mol. The van der Waals surface area contributed by atoms with Crippen molar-refractivity contribution < 1.29 is 14.6 Å². The van der Waals surface area contributed by atoms with Crippen molar-refractivity contribution in [3.05, 3.63) is 64.7 Å². The number of likely N-dealkylation sites (tertiary alicyclic amines) is 1. The van der Waals surface area contributed by atoms with Gasteiger partial charge in [0.2, 0.25) is 0 Å². The monoisotopic (exact) mass is 439 g/mol. The number of ether oxygens (including phenoxy) is 1. The molecular weight excluding hydrogens is 414 g/mol. The van der Waals surface area contributed by atoms with Crippen LogP contribution in [-0.4, -0.2) is 47.4 Å². The summed E-state index contributed by atoms with van der Waals surface area (Å²) in [6.07, 6.45) is 2.56. The summed E-state index contributed by atoms with van der Waals surface area (Å²) in [7, 11) is 0. The van der Waals surface area contributed by atoms with Crippen molar-refractivity contribution >= 4 is 17.7 Å². The molecule has 0 spiro atoms. The maximum absolute atomic E-state index is 11.1. The molecule has 0 bridgehead atoms. The van der Waals surface area contributed by atoms with Crippen LogP contribution in [0.5, 0.6) is 5.75 Å². The lowest BCUT2D eigenvalue weighted by molar-refractivity contribution is 0.0630. The summed E-state index contributed by atoms with van der Waals surface area (Å²) in [6, 6.07) is 17.7. The van der Waals surface area contributed by atoms with Crippen molar-refractivity contribution in [3.63, 3.8) is 0 Å². The summed E-state index contributed by atoms with van der Waals surface area (Å²) in [6.45, 7) is 1.60. The van der Waals surface area contributed by atoms with Crippen LogP contribution in [-0.2, 0) is 0 Å². The van der Waals surface area contributed by atoms with Crippen molar-refractivity contribution in [3.8, 4) is 11.8 Å². The fraction of sp³-hybridized carbons (Fsp3) is 0.417. The molecule has 2 aliphatic rings. The third kappa shape index (κ3) is 5.12. The highest BCUT2D eigenvalue weighted by Crippen LogP contribution is 2.41. The highest BCUT2D eigenvalue weighted by atomic mass is 35.5. The Bertz CT molecular complexity index is 962. The van der Waals surface area contributed by atoms with Crippen molar-refractivity contribution in [1.82, 2.24) is 10.2 Å². The molecule has 1 heterocycles. The van der Waals surface area contributed by atoms with Gasteiger partial charge in [0.05, 0.1) is 16.7 Å². The number of nitrogens with zero attached hydrogens (tertiary/aromatic N) is 2. The highest BCUT2D eigenvalue weighted by Gasteiger charge is 2.41. The Morgan fingerprint density at radius 3 is 2.74 bits per heavy atom. The lowest BCUT2D eigenvalue weighted by Gasteiger charge is -2.39. The molecule has 0 aromatic heterocycles. The summed E-state index contributed by atoms with van der Waals surface area (Å²) in [5.74, 6) is 0.947. The van der Waals surface area contributed by atoms with Gasteiger partial charge in [0.25, 0.3) is 0 Å². The second-order valence-electron chi connectivity index (χ2n) is 8.34. The fourth-order valence-electron chi connectivity index (χ4n) is 4.91. The van der Waals surface area contributed by atoms with Gasteiger partial charge in [0.15, 0.2) is 0 Å². The van der Waals surface area contributed by atoms with Crippen molar-refractivity contribution in [2.45, 2.75) is 49.8 Å². The minimum atomic E-state index is -0.974. The molecule has 4 atom stereocenters. The minimum Gasteiger partial charge on any atom is -0.487 e. The van der Waals surface area contributed by atoms with E-state index in [4.69, 9.17) is 26.7 Å². The van der Waals surface area contributed by atoms with E-state index in [1.165, 1.54) is 5.56 Å². The van der Waals surface area contributed by atoms with Gasteiger partial charge < -0.3 is 15.2 Å². The van der Waals surface area contributed by atoms with Crippen LogP contribution in [0.3, 0.4) is 0 Å².